The summed E-state index contributed by atoms with van der Waals surface area (Å²) < 4.78 is 158. The van der Waals surface area contributed by atoms with Crippen molar-refractivity contribution in [1.82, 2.24) is 0 Å². The Labute approximate surface area is 200 Å². The average molecular weight is 616 g/mol. The maximum absolute atomic E-state index is 12.4. The van der Waals surface area contributed by atoms with Gasteiger partial charge in [-0.1, -0.05) is 0 Å². The standard InChI is InChI=1S/2C5H8F4O4S.Ba/c2*6-4(7,2-1-3-10)5(8,9)14(11,12)13;/h2*10H,1-3H2,(H,11,12,13);/q;;+2/p-2. The smallest absolute Gasteiger partial charge is 0.743 e. The van der Waals surface area contributed by atoms with Crippen molar-refractivity contribution >= 4 is 69.1 Å². The average Bonchev–Trinajstić information content (AvgIpc) is 2.49. The van der Waals surface area contributed by atoms with Crippen LogP contribution >= 0.6 is 0 Å². The third-order valence-electron chi connectivity index (χ3n) is 2.78. The van der Waals surface area contributed by atoms with E-state index in [1.54, 1.807) is 0 Å². The molecule has 0 fully saturated rings. The van der Waals surface area contributed by atoms with Gasteiger partial charge in [0, 0.05) is 26.1 Å². The molecule has 0 amide bonds. The Morgan fingerprint density at radius 1 is 0.621 bits per heavy atom. The second-order valence-corrected chi connectivity index (χ2v) is 7.85. The van der Waals surface area contributed by atoms with Gasteiger partial charge >= 0.3 is 71.2 Å². The number of alkyl halides is 8. The van der Waals surface area contributed by atoms with E-state index in [1.165, 1.54) is 0 Å². The van der Waals surface area contributed by atoms with E-state index in [9.17, 15) is 61.1 Å². The topological polar surface area (TPSA) is 155 Å². The van der Waals surface area contributed by atoms with Gasteiger partial charge in [-0.05, 0) is 12.8 Å². The molecule has 0 radical (unpaired) electrons. The van der Waals surface area contributed by atoms with Gasteiger partial charge in [-0.15, -0.1) is 0 Å². The summed E-state index contributed by atoms with van der Waals surface area (Å²) in [6.45, 7) is -1.60. The molecule has 0 rings (SSSR count). The van der Waals surface area contributed by atoms with Crippen LogP contribution in [-0.2, 0) is 20.2 Å². The summed E-state index contributed by atoms with van der Waals surface area (Å²) >= 11 is 0. The first-order valence-electron chi connectivity index (χ1n) is 6.76. The Morgan fingerprint density at radius 3 is 0.966 bits per heavy atom. The van der Waals surface area contributed by atoms with Crippen molar-refractivity contribution < 1.29 is 71.3 Å². The van der Waals surface area contributed by atoms with Gasteiger partial charge in [0.25, 0.3) is 0 Å². The van der Waals surface area contributed by atoms with Crippen molar-refractivity contribution in [2.45, 2.75) is 48.0 Å². The third-order valence-corrected chi connectivity index (χ3v) is 4.63. The summed E-state index contributed by atoms with van der Waals surface area (Å²) in [5.41, 5.74) is 0. The van der Waals surface area contributed by atoms with Crippen LogP contribution in [0.2, 0.25) is 0 Å². The molecule has 2 N–H and O–H groups in total. The second-order valence-electron chi connectivity index (χ2n) is 5.01. The van der Waals surface area contributed by atoms with E-state index in [4.69, 9.17) is 10.2 Å². The van der Waals surface area contributed by atoms with E-state index in [2.05, 4.69) is 0 Å². The van der Waals surface area contributed by atoms with Crippen molar-refractivity contribution in [2.75, 3.05) is 13.2 Å². The SMILES string of the molecule is O=S(=O)([O-])C(F)(F)C(F)(F)CCCO.O=S(=O)([O-])C(F)(F)C(F)(F)CCCO.[Ba+2]. The molecule has 0 spiro atoms. The first-order valence-corrected chi connectivity index (χ1v) is 9.58. The zero-order valence-electron chi connectivity index (χ0n) is 14.1. The van der Waals surface area contributed by atoms with Crippen molar-refractivity contribution in [2.24, 2.45) is 0 Å². The summed E-state index contributed by atoms with van der Waals surface area (Å²) in [5, 5.41) is 4.90. The molecule has 0 aliphatic carbocycles. The Kier molecular flexibility index (Phi) is 14.4. The fraction of sp³-hybridized carbons (Fsp3) is 1.00. The molecule has 0 aliphatic heterocycles. The van der Waals surface area contributed by atoms with Crippen molar-refractivity contribution in [3.8, 4) is 0 Å². The van der Waals surface area contributed by atoms with E-state index < -0.39 is 81.5 Å². The van der Waals surface area contributed by atoms with Gasteiger partial charge in [0.1, 0.15) is 0 Å². The first kappa shape index (κ1) is 34.4. The van der Waals surface area contributed by atoms with E-state index in [0.29, 0.717) is 0 Å². The molecule has 29 heavy (non-hydrogen) atoms. The normalized spacial score (nSPS) is 13.9. The van der Waals surface area contributed by atoms with E-state index in [1.807, 2.05) is 0 Å². The van der Waals surface area contributed by atoms with Gasteiger partial charge in [0.15, 0.2) is 20.2 Å². The molecule has 19 heteroatoms. The summed E-state index contributed by atoms with van der Waals surface area (Å²) in [6, 6.07) is 0. The maximum Gasteiger partial charge on any atom is 2.00 e. The molecule has 0 heterocycles. The zero-order chi connectivity index (χ0) is 23.2. The predicted octanol–water partition coefficient (Wildman–Crippen LogP) is 0.684. The quantitative estimate of drug-likeness (QED) is 0.207. The van der Waals surface area contributed by atoms with Gasteiger partial charge in [-0.2, -0.15) is 35.1 Å². The molecule has 0 saturated carbocycles. The Morgan fingerprint density at radius 2 is 0.828 bits per heavy atom. The largest absolute Gasteiger partial charge is 2.00 e. The van der Waals surface area contributed by atoms with Crippen molar-refractivity contribution in [1.29, 1.82) is 0 Å². The van der Waals surface area contributed by atoms with Gasteiger partial charge in [0.2, 0.25) is 0 Å². The van der Waals surface area contributed by atoms with Gasteiger partial charge in [-0.25, -0.2) is 16.8 Å². The number of aliphatic hydroxyl groups is 2. The maximum atomic E-state index is 12.4. The summed E-state index contributed by atoms with van der Waals surface area (Å²) in [7, 11) is -12.8. The van der Waals surface area contributed by atoms with Crippen LogP contribution in [0.4, 0.5) is 35.1 Å². The molecule has 0 aliphatic rings. The minimum atomic E-state index is -6.41. The molecule has 0 aromatic rings. The molecule has 0 saturated heterocycles. The van der Waals surface area contributed by atoms with Crippen molar-refractivity contribution in [3.05, 3.63) is 0 Å². The molecule has 172 valence electrons. The molecule has 0 bridgehead atoms. The molecule has 0 atom stereocenters. The minimum absolute atomic E-state index is 0. The molecular weight excluding hydrogens is 602 g/mol. The van der Waals surface area contributed by atoms with Gasteiger partial charge < -0.3 is 19.3 Å². The van der Waals surface area contributed by atoms with E-state index >= 15 is 0 Å². The number of hydrogen-bond acceptors (Lipinski definition) is 8. The van der Waals surface area contributed by atoms with Crippen LogP contribution in [0.25, 0.3) is 0 Å². The number of halogens is 8. The van der Waals surface area contributed by atoms with Crippen LogP contribution in [0.3, 0.4) is 0 Å². The number of hydrogen-bond donors (Lipinski definition) is 2. The molecule has 0 aromatic carbocycles. The monoisotopic (exact) mass is 616 g/mol. The predicted molar refractivity (Wildman–Crippen MR) is 77.6 cm³/mol. The number of aliphatic hydroxyl groups excluding tert-OH is 2. The van der Waals surface area contributed by atoms with Crippen LogP contribution in [-0.4, -0.2) is 121 Å². The Hall–Kier alpha value is 0.751. The van der Waals surface area contributed by atoms with Crippen LogP contribution in [0.5, 0.6) is 0 Å². The van der Waals surface area contributed by atoms with E-state index in [0.717, 1.165) is 0 Å². The van der Waals surface area contributed by atoms with Crippen LogP contribution in [0, 0.1) is 0 Å². The molecule has 8 nitrogen and oxygen atoms in total. The Bertz CT molecular complexity index is 638. The van der Waals surface area contributed by atoms with Gasteiger partial charge in [-0.3, -0.25) is 0 Å². The van der Waals surface area contributed by atoms with E-state index in [-0.39, 0.29) is 48.9 Å². The first-order chi connectivity index (χ1) is 12.1. The third kappa shape index (κ3) is 9.41. The Balaban J connectivity index is -0.000000451. The minimum Gasteiger partial charge on any atom is -0.743 e. The fourth-order valence-electron chi connectivity index (χ4n) is 1.26. The number of rotatable bonds is 10. The molecule has 0 unspecified atom stereocenters. The fourth-order valence-corrected chi connectivity index (χ4v) is 2.19. The summed E-state index contributed by atoms with van der Waals surface area (Å²) in [5.74, 6) is -9.92. The summed E-state index contributed by atoms with van der Waals surface area (Å²) in [4.78, 5) is 0. The van der Waals surface area contributed by atoms with Crippen LogP contribution in [0.1, 0.15) is 25.7 Å². The second kappa shape index (κ2) is 12.1. The van der Waals surface area contributed by atoms with Crippen molar-refractivity contribution in [3.63, 3.8) is 0 Å². The molecule has 0 aromatic heterocycles. The van der Waals surface area contributed by atoms with Gasteiger partial charge in [0.05, 0.1) is 0 Å². The van der Waals surface area contributed by atoms with Crippen LogP contribution in [0.15, 0.2) is 0 Å². The zero-order valence-corrected chi connectivity index (χ0v) is 20.2. The summed E-state index contributed by atoms with van der Waals surface area (Å²) in [6.07, 6.45) is -4.59. The molecular formula is C10H14BaF8O8S2. The van der Waals surface area contributed by atoms with Crippen LogP contribution < -0.4 is 0 Å².